The molecule has 2 heterocycles. The summed E-state index contributed by atoms with van der Waals surface area (Å²) in [5.74, 6) is 0. The number of rotatable bonds is 1. The zero-order valence-electron chi connectivity index (χ0n) is 15.5. The van der Waals surface area contributed by atoms with Crippen molar-refractivity contribution < 1.29 is 0 Å². The molecule has 6 heteroatoms. The van der Waals surface area contributed by atoms with Gasteiger partial charge in [0.1, 0.15) is 5.65 Å². The normalized spacial score (nSPS) is 13.8. The van der Waals surface area contributed by atoms with Gasteiger partial charge in [-0.2, -0.15) is 5.26 Å². The molecule has 0 spiro atoms. The number of pyridine rings is 1. The van der Waals surface area contributed by atoms with Crippen molar-refractivity contribution in [1.82, 2.24) is 14.1 Å². The Morgan fingerprint density at radius 3 is 2.30 bits per heavy atom. The first-order valence-corrected chi connectivity index (χ1v) is 9.15. The Hall–Kier alpha value is -3.20. The maximum absolute atomic E-state index is 12.9. The van der Waals surface area contributed by atoms with Gasteiger partial charge in [0.25, 0.3) is 5.56 Å². The summed E-state index contributed by atoms with van der Waals surface area (Å²) in [7, 11) is 3.17. The molecule has 4 rings (SSSR count). The van der Waals surface area contributed by atoms with Gasteiger partial charge in [0.2, 0.25) is 0 Å². The van der Waals surface area contributed by atoms with E-state index >= 15 is 0 Å². The minimum atomic E-state index is -0.376. The smallest absolute Gasteiger partial charge is 0.280 e. The average Bonchev–Trinajstić information content (AvgIpc) is 2.95. The molecule has 6 nitrogen and oxygen atoms in total. The summed E-state index contributed by atoms with van der Waals surface area (Å²) in [4.78, 5) is 30.1. The highest BCUT2D eigenvalue weighted by Crippen LogP contribution is 2.33. The Kier molecular flexibility index (Phi) is 4.15. The fraction of sp³-hybridized carbons (Fsp3) is 0.333. The van der Waals surface area contributed by atoms with E-state index in [0.29, 0.717) is 16.6 Å². The van der Waals surface area contributed by atoms with Crippen molar-refractivity contribution in [3.8, 4) is 17.3 Å². The number of benzene rings is 1. The average molecular weight is 360 g/mol. The molecular formula is C21H20N4O2. The van der Waals surface area contributed by atoms with Gasteiger partial charge in [-0.25, -0.2) is 9.78 Å². The maximum Gasteiger partial charge on any atom is 0.332 e. The lowest BCUT2D eigenvalue weighted by atomic mass is 9.94. The van der Waals surface area contributed by atoms with Crippen LogP contribution in [0.5, 0.6) is 0 Å². The van der Waals surface area contributed by atoms with Gasteiger partial charge in [0.15, 0.2) is 0 Å². The number of nitrogens with zero attached hydrogens (tertiary/aromatic N) is 4. The largest absolute Gasteiger partial charge is 0.332 e. The van der Waals surface area contributed by atoms with Crippen LogP contribution >= 0.6 is 0 Å². The lowest BCUT2D eigenvalue weighted by Crippen LogP contribution is -2.38. The van der Waals surface area contributed by atoms with Crippen molar-refractivity contribution >= 4 is 11.0 Å². The van der Waals surface area contributed by atoms with Gasteiger partial charge in [-0.05, 0) is 48.9 Å². The first-order chi connectivity index (χ1) is 13.0. The second kappa shape index (κ2) is 6.51. The van der Waals surface area contributed by atoms with E-state index in [1.807, 2.05) is 12.1 Å². The van der Waals surface area contributed by atoms with E-state index < -0.39 is 0 Å². The van der Waals surface area contributed by atoms with Crippen LogP contribution in [0, 0.1) is 11.3 Å². The zero-order valence-corrected chi connectivity index (χ0v) is 15.5. The molecule has 0 aliphatic heterocycles. The summed E-state index contributed by atoms with van der Waals surface area (Å²) in [6.07, 6.45) is 4.85. The van der Waals surface area contributed by atoms with E-state index in [4.69, 9.17) is 10.2 Å². The topological polar surface area (TPSA) is 80.7 Å². The Balaban J connectivity index is 2.14. The van der Waals surface area contributed by atoms with Gasteiger partial charge in [0.05, 0.1) is 22.7 Å². The van der Waals surface area contributed by atoms with Crippen LogP contribution < -0.4 is 11.2 Å². The Morgan fingerprint density at radius 1 is 0.963 bits per heavy atom. The van der Waals surface area contributed by atoms with Gasteiger partial charge in [-0.1, -0.05) is 18.6 Å². The van der Waals surface area contributed by atoms with Crippen molar-refractivity contribution in [1.29, 1.82) is 5.26 Å². The Labute approximate surface area is 156 Å². The molecule has 0 unspecified atom stereocenters. The lowest BCUT2D eigenvalue weighted by Gasteiger charge is -2.17. The van der Waals surface area contributed by atoms with E-state index in [1.165, 1.54) is 11.6 Å². The number of fused-ring (bicyclic) bond motifs is 3. The van der Waals surface area contributed by atoms with Crippen molar-refractivity contribution in [2.45, 2.75) is 32.1 Å². The fourth-order valence-electron chi connectivity index (χ4n) is 3.96. The quantitative estimate of drug-likeness (QED) is 0.624. The SMILES string of the molecule is Cn1c(=O)c2c3c(c(-c4ccc(C#N)cc4)nc2n(C)c1=O)CCCCC3. The molecule has 1 aliphatic rings. The molecule has 0 fully saturated rings. The van der Waals surface area contributed by atoms with Gasteiger partial charge in [-0.3, -0.25) is 13.9 Å². The van der Waals surface area contributed by atoms with Crippen LogP contribution in [-0.2, 0) is 26.9 Å². The van der Waals surface area contributed by atoms with Crippen LogP contribution in [0.15, 0.2) is 33.9 Å². The third kappa shape index (κ3) is 2.67. The number of hydrogen-bond donors (Lipinski definition) is 0. The molecule has 0 saturated heterocycles. The third-order valence-corrected chi connectivity index (χ3v) is 5.44. The van der Waals surface area contributed by atoms with Gasteiger partial charge >= 0.3 is 5.69 Å². The molecule has 0 atom stereocenters. The molecule has 27 heavy (non-hydrogen) atoms. The molecule has 1 aliphatic carbocycles. The first-order valence-electron chi connectivity index (χ1n) is 9.15. The van der Waals surface area contributed by atoms with Crippen molar-refractivity contribution in [2.75, 3.05) is 0 Å². The predicted octanol–water partition coefficient (Wildman–Crippen LogP) is 2.44. The Bertz CT molecular complexity index is 1210. The Morgan fingerprint density at radius 2 is 1.63 bits per heavy atom. The van der Waals surface area contributed by atoms with Crippen LogP contribution in [-0.4, -0.2) is 14.1 Å². The number of aryl methyl sites for hydroxylation is 2. The highest BCUT2D eigenvalue weighted by Gasteiger charge is 2.22. The molecule has 3 aromatic rings. The van der Waals surface area contributed by atoms with Gasteiger partial charge < -0.3 is 0 Å². The molecule has 0 saturated carbocycles. The summed E-state index contributed by atoms with van der Waals surface area (Å²) >= 11 is 0. The molecule has 0 bridgehead atoms. The highest BCUT2D eigenvalue weighted by molar-refractivity contribution is 5.84. The maximum atomic E-state index is 12.9. The van der Waals surface area contributed by atoms with E-state index in [0.717, 1.165) is 59.1 Å². The second-order valence-corrected chi connectivity index (χ2v) is 7.07. The molecule has 0 radical (unpaired) electrons. The molecular weight excluding hydrogens is 340 g/mol. The summed E-state index contributed by atoms with van der Waals surface area (Å²) in [5.41, 5.74) is 4.21. The van der Waals surface area contributed by atoms with Crippen molar-refractivity contribution in [3.63, 3.8) is 0 Å². The number of nitriles is 1. The summed E-state index contributed by atoms with van der Waals surface area (Å²) in [5, 5.41) is 9.62. The standard InChI is InChI=1S/C21H20N4O2/c1-24-19-17(20(26)25(2)21(24)27)15-6-4-3-5-7-16(15)18(23-19)14-10-8-13(12-22)9-11-14/h8-11H,3-7H2,1-2H3. The van der Waals surface area contributed by atoms with Crippen LogP contribution in [0.1, 0.15) is 36.0 Å². The lowest BCUT2D eigenvalue weighted by molar-refractivity contribution is 0.704. The minimum Gasteiger partial charge on any atom is -0.280 e. The van der Waals surface area contributed by atoms with E-state index in [1.54, 1.807) is 19.2 Å². The van der Waals surface area contributed by atoms with Crippen molar-refractivity contribution in [2.24, 2.45) is 14.1 Å². The summed E-state index contributed by atoms with van der Waals surface area (Å²) in [6.45, 7) is 0. The van der Waals surface area contributed by atoms with Gasteiger partial charge in [-0.15, -0.1) is 0 Å². The molecule has 136 valence electrons. The van der Waals surface area contributed by atoms with E-state index in [2.05, 4.69) is 6.07 Å². The van der Waals surface area contributed by atoms with Crippen LogP contribution in [0.25, 0.3) is 22.3 Å². The van der Waals surface area contributed by atoms with Crippen LogP contribution in [0.4, 0.5) is 0 Å². The second-order valence-electron chi connectivity index (χ2n) is 7.07. The summed E-state index contributed by atoms with van der Waals surface area (Å²) < 4.78 is 2.62. The van der Waals surface area contributed by atoms with Crippen molar-refractivity contribution in [3.05, 3.63) is 61.8 Å². The molecule has 0 N–H and O–H groups in total. The van der Waals surface area contributed by atoms with Crippen LogP contribution in [0.3, 0.4) is 0 Å². The number of hydrogen-bond acceptors (Lipinski definition) is 4. The highest BCUT2D eigenvalue weighted by atomic mass is 16.2. The third-order valence-electron chi connectivity index (χ3n) is 5.44. The molecule has 1 aromatic carbocycles. The first kappa shape index (κ1) is 17.2. The van der Waals surface area contributed by atoms with Gasteiger partial charge in [0, 0.05) is 19.7 Å². The zero-order chi connectivity index (χ0) is 19.1. The molecule has 0 amide bonds. The summed E-state index contributed by atoms with van der Waals surface area (Å²) in [6, 6.07) is 9.44. The van der Waals surface area contributed by atoms with E-state index in [-0.39, 0.29) is 11.2 Å². The predicted molar refractivity (Wildman–Crippen MR) is 104 cm³/mol. The van der Waals surface area contributed by atoms with Crippen LogP contribution in [0.2, 0.25) is 0 Å². The minimum absolute atomic E-state index is 0.273. The number of aromatic nitrogens is 3. The van der Waals surface area contributed by atoms with E-state index in [9.17, 15) is 9.59 Å². The fourth-order valence-corrected chi connectivity index (χ4v) is 3.96. The monoisotopic (exact) mass is 360 g/mol. The molecule has 2 aromatic heterocycles.